The van der Waals surface area contributed by atoms with Crippen LogP contribution in [-0.4, -0.2) is 27.2 Å². The van der Waals surface area contributed by atoms with Gasteiger partial charge in [-0.05, 0) is 49.3 Å². The van der Waals surface area contributed by atoms with Gasteiger partial charge in [-0.2, -0.15) is 8.78 Å². The van der Waals surface area contributed by atoms with Gasteiger partial charge in [-0.3, -0.25) is 9.59 Å². The van der Waals surface area contributed by atoms with Gasteiger partial charge < -0.3 is 14.2 Å². The van der Waals surface area contributed by atoms with E-state index in [0.717, 1.165) is 24.5 Å². The molecule has 2 heterocycles. The molecule has 1 aliphatic carbocycles. The van der Waals surface area contributed by atoms with Gasteiger partial charge in [-0.25, -0.2) is 4.39 Å². The van der Waals surface area contributed by atoms with Crippen molar-refractivity contribution in [2.75, 3.05) is 0 Å². The highest BCUT2D eigenvalue weighted by atomic mass is 19.3. The monoisotopic (exact) mass is 532 g/mol. The van der Waals surface area contributed by atoms with E-state index >= 15 is 0 Å². The topological polar surface area (TPSA) is 106 Å². The van der Waals surface area contributed by atoms with Crippen LogP contribution >= 0.6 is 0 Å². The van der Waals surface area contributed by atoms with Crippen molar-refractivity contribution in [3.05, 3.63) is 58.2 Å². The van der Waals surface area contributed by atoms with E-state index in [-0.39, 0.29) is 54.4 Å². The molecule has 3 aromatic rings. The maximum atomic E-state index is 14.8. The van der Waals surface area contributed by atoms with Gasteiger partial charge >= 0.3 is 11.9 Å². The second-order valence-electron chi connectivity index (χ2n) is 11.1. The number of aliphatic carboxylic acids is 1. The number of ketones is 1. The molecule has 0 bridgehead atoms. The highest BCUT2D eigenvalue weighted by molar-refractivity contribution is 5.82. The van der Waals surface area contributed by atoms with Gasteiger partial charge in [0.1, 0.15) is 11.6 Å². The van der Waals surface area contributed by atoms with E-state index in [4.69, 9.17) is 9.05 Å². The van der Waals surface area contributed by atoms with Crippen molar-refractivity contribution >= 4 is 11.8 Å². The average Bonchev–Trinajstić information content (AvgIpc) is 3.35. The summed E-state index contributed by atoms with van der Waals surface area (Å²) >= 11 is 0. The molecule has 1 unspecified atom stereocenters. The molecular formula is C28H31F3N2O5. The van der Waals surface area contributed by atoms with Crippen LogP contribution in [0.3, 0.4) is 0 Å². The summed E-state index contributed by atoms with van der Waals surface area (Å²) in [6.07, 6.45) is 1.28. The lowest BCUT2D eigenvalue weighted by Crippen LogP contribution is -2.30. The first-order chi connectivity index (χ1) is 17.8. The average molecular weight is 533 g/mol. The quantitative estimate of drug-likeness (QED) is 0.285. The summed E-state index contributed by atoms with van der Waals surface area (Å²) in [5.41, 5.74) is 0.695. The maximum absolute atomic E-state index is 14.8. The molecule has 0 radical (unpaired) electrons. The molecule has 1 aromatic carbocycles. The molecule has 2 aromatic heterocycles. The van der Waals surface area contributed by atoms with Crippen LogP contribution in [-0.2, 0) is 21.9 Å². The van der Waals surface area contributed by atoms with Gasteiger partial charge in [0.25, 0.3) is 0 Å². The Labute approximate surface area is 218 Å². The van der Waals surface area contributed by atoms with Crippen LogP contribution in [0.25, 0.3) is 11.5 Å². The van der Waals surface area contributed by atoms with E-state index in [9.17, 15) is 27.9 Å². The Morgan fingerprint density at radius 3 is 2.45 bits per heavy atom. The molecule has 204 valence electrons. The molecule has 4 rings (SSSR count). The van der Waals surface area contributed by atoms with Crippen molar-refractivity contribution in [3.63, 3.8) is 0 Å². The van der Waals surface area contributed by atoms with Crippen molar-refractivity contribution in [2.45, 2.75) is 84.0 Å². The Balaban J connectivity index is 1.64. The molecule has 1 fully saturated rings. The summed E-state index contributed by atoms with van der Waals surface area (Å²) in [7, 11) is 0. The van der Waals surface area contributed by atoms with Gasteiger partial charge in [-0.1, -0.05) is 43.2 Å². The number of nitrogens with zero attached hydrogens (tertiary/aromatic N) is 2. The molecule has 0 saturated heterocycles. The first-order valence-corrected chi connectivity index (χ1v) is 12.6. The summed E-state index contributed by atoms with van der Waals surface area (Å²) in [5, 5.41) is 17.3. The molecule has 1 saturated carbocycles. The van der Waals surface area contributed by atoms with Crippen molar-refractivity contribution < 1.29 is 36.9 Å². The zero-order chi connectivity index (χ0) is 27.8. The molecule has 0 amide bonds. The number of aromatic nitrogens is 2. The molecular weight excluding hydrogens is 501 g/mol. The summed E-state index contributed by atoms with van der Waals surface area (Å²) < 4.78 is 54.6. The normalized spacial score (nSPS) is 15.0. The van der Waals surface area contributed by atoms with Crippen molar-refractivity contribution in [1.29, 1.82) is 0 Å². The number of alkyl halides is 2. The molecule has 1 aliphatic rings. The fraction of sp³-hybridized carbons (Fsp3) is 0.500. The molecule has 0 spiro atoms. The minimum Gasteiger partial charge on any atom is -0.481 e. The SMILES string of the molecule is Cc1ccc(CC(=O)CC(CCC(=O)O)c2noc(-c3cc(C(F)(F)C(C)(C)C)on3)c2C2CC2)c(F)c1. The van der Waals surface area contributed by atoms with Crippen LogP contribution in [0.2, 0.25) is 0 Å². The number of hydrogen-bond donors (Lipinski definition) is 1. The van der Waals surface area contributed by atoms with Gasteiger partial charge in [0.05, 0.1) is 5.69 Å². The van der Waals surface area contributed by atoms with Crippen LogP contribution < -0.4 is 0 Å². The number of carboxylic acids is 1. The number of benzene rings is 1. The highest BCUT2D eigenvalue weighted by Gasteiger charge is 2.49. The zero-order valence-corrected chi connectivity index (χ0v) is 21.8. The number of Topliss-reactive ketones (excluding diaryl/α,β-unsaturated/α-hetero) is 1. The third-order valence-electron chi connectivity index (χ3n) is 6.90. The molecule has 7 nitrogen and oxygen atoms in total. The minimum atomic E-state index is -3.29. The third kappa shape index (κ3) is 5.84. The highest BCUT2D eigenvalue weighted by Crippen LogP contribution is 2.50. The summed E-state index contributed by atoms with van der Waals surface area (Å²) in [4.78, 5) is 24.3. The predicted octanol–water partition coefficient (Wildman–Crippen LogP) is 6.94. The van der Waals surface area contributed by atoms with E-state index in [0.29, 0.717) is 11.3 Å². The Bertz CT molecular complexity index is 1330. The van der Waals surface area contributed by atoms with E-state index in [1.54, 1.807) is 19.1 Å². The fourth-order valence-corrected chi connectivity index (χ4v) is 4.44. The van der Waals surface area contributed by atoms with Crippen LogP contribution in [0.4, 0.5) is 13.2 Å². The Hall–Kier alpha value is -3.43. The minimum absolute atomic E-state index is 0.0199. The van der Waals surface area contributed by atoms with E-state index in [2.05, 4.69) is 10.3 Å². The zero-order valence-electron chi connectivity index (χ0n) is 21.8. The standard InChI is InChI=1S/C28H31F3N2O5/c1-15-5-6-17(20(29)11-15)12-19(34)13-18(9-10-23(35)36)25-24(16-7-8-16)26(38-33-25)21-14-22(37-32-21)28(30,31)27(2,3)4/h5-6,11,14,16,18H,7-10,12-13H2,1-4H3,(H,35,36). The smallest absolute Gasteiger partial charge is 0.312 e. The number of aryl methyl sites for hydroxylation is 1. The van der Waals surface area contributed by atoms with Gasteiger partial charge in [0.2, 0.25) is 5.76 Å². The molecule has 1 N–H and O–H groups in total. The number of rotatable bonds is 11. The second kappa shape index (κ2) is 10.4. The lowest BCUT2D eigenvalue weighted by Gasteiger charge is -2.27. The molecule has 10 heteroatoms. The number of carbonyl (C=O) groups is 2. The van der Waals surface area contributed by atoms with Crippen LogP contribution in [0, 0.1) is 18.2 Å². The summed E-state index contributed by atoms with van der Waals surface area (Å²) in [5.74, 6) is -6.08. The Morgan fingerprint density at radius 1 is 1.13 bits per heavy atom. The summed E-state index contributed by atoms with van der Waals surface area (Å²) in [6, 6.07) is 5.78. The van der Waals surface area contributed by atoms with Crippen LogP contribution in [0.1, 0.15) is 92.9 Å². The molecule has 38 heavy (non-hydrogen) atoms. The van der Waals surface area contributed by atoms with Crippen LogP contribution in [0.5, 0.6) is 0 Å². The first kappa shape index (κ1) is 27.6. The van der Waals surface area contributed by atoms with Gasteiger partial charge in [0, 0.05) is 42.2 Å². The predicted molar refractivity (Wildman–Crippen MR) is 131 cm³/mol. The number of carboxylic acid groups (broad SMARTS) is 1. The van der Waals surface area contributed by atoms with Gasteiger partial charge in [0.15, 0.2) is 11.5 Å². The third-order valence-corrected chi connectivity index (χ3v) is 6.90. The lowest BCUT2D eigenvalue weighted by atomic mass is 9.86. The first-order valence-electron chi connectivity index (χ1n) is 12.6. The van der Waals surface area contributed by atoms with Crippen molar-refractivity contribution in [3.8, 4) is 11.5 Å². The van der Waals surface area contributed by atoms with E-state index in [1.807, 2.05) is 0 Å². The lowest BCUT2D eigenvalue weighted by molar-refractivity contribution is -0.137. The van der Waals surface area contributed by atoms with Gasteiger partial charge in [-0.15, -0.1) is 0 Å². The second-order valence-corrected chi connectivity index (χ2v) is 11.1. The molecule has 0 aliphatic heterocycles. The van der Waals surface area contributed by atoms with Crippen LogP contribution in [0.15, 0.2) is 33.3 Å². The fourth-order valence-electron chi connectivity index (χ4n) is 4.44. The van der Waals surface area contributed by atoms with Crippen molar-refractivity contribution in [1.82, 2.24) is 10.3 Å². The number of carbonyl (C=O) groups excluding carboxylic acids is 1. The Morgan fingerprint density at radius 2 is 1.84 bits per heavy atom. The maximum Gasteiger partial charge on any atom is 0.312 e. The van der Waals surface area contributed by atoms with E-state index < -0.39 is 34.8 Å². The largest absolute Gasteiger partial charge is 0.481 e. The Kier molecular flexibility index (Phi) is 7.54. The molecule has 1 atom stereocenters. The van der Waals surface area contributed by atoms with Crippen molar-refractivity contribution in [2.24, 2.45) is 5.41 Å². The summed E-state index contributed by atoms with van der Waals surface area (Å²) in [6.45, 7) is 5.93. The number of halogens is 3. The number of hydrogen-bond acceptors (Lipinski definition) is 6. The van der Waals surface area contributed by atoms with E-state index in [1.165, 1.54) is 26.8 Å².